The zero-order chi connectivity index (χ0) is 12.1. The van der Waals surface area contributed by atoms with Gasteiger partial charge in [-0.2, -0.15) is 0 Å². The average molecular weight is 300 g/mol. The van der Waals surface area contributed by atoms with Gasteiger partial charge in [0.15, 0.2) is 0 Å². The zero-order valence-corrected chi connectivity index (χ0v) is 11.4. The molecule has 0 amide bonds. The molecule has 17 heavy (non-hydrogen) atoms. The van der Waals surface area contributed by atoms with Gasteiger partial charge < -0.3 is 9.84 Å². The first-order chi connectivity index (χ1) is 8.24. The maximum atomic E-state index is 10.0. The molecule has 1 N–H and O–H groups in total. The lowest BCUT2D eigenvalue weighted by molar-refractivity contribution is -0.0147. The van der Waals surface area contributed by atoms with Gasteiger partial charge in [0.1, 0.15) is 0 Å². The molecule has 4 heteroatoms. The average Bonchev–Trinajstić information content (AvgIpc) is 2.30. The van der Waals surface area contributed by atoms with Crippen molar-refractivity contribution >= 4 is 15.9 Å². The van der Waals surface area contributed by atoms with Crippen molar-refractivity contribution in [3.63, 3.8) is 0 Å². The summed E-state index contributed by atoms with van der Waals surface area (Å²) in [6, 6.07) is 2.00. The molecule has 0 radical (unpaired) electrons. The van der Waals surface area contributed by atoms with Crippen molar-refractivity contribution in [3.8, 4) is 0 Å². The van der Waals surface area contributed by atoms with E-state index in [2.05, 4.69) is 20.9 Å². The third-order valence-electron chi connectivity index (χ3n) is 3.04. The number of aromatic nitrogens is 1. The Morgan fingerprint density at radius 1 is 1.47 bits per heavy atom. The number of aliphatic hydroxyl groups is 1. The molecule has 0 spiro atoms. The third-order valence-corrected chi connectivity index (χ3v) is 3.48. The molecule has 0 saturated carbocycles. The Kier molecular flexibility index (Phi) is 4.95. The van der Waals surface area contributed by atoms with E-state index in [0.29, 0.717) is 6.42 Å². The summed E-state index contributed by atoms with van der Waals surface area (Å²) in [6.45, 7) is 0.843. The zero-order valence-electron chi connectivity index (χ0n) is 9.81. The minimum absolute atomic E-state index is 0.235. The van der Waals surface area contributed by atoms with E-state index >= 15 is 0 Å². The molecule has 1 aromatic heterocycles. The first-order valence-corrected chi connectivity index (χ1v) is 6.92. The van der Waals surface area contributed by atoms with Crippen LogP contribution in [0.2, 0.25) is 0 Å². The van der Waals surface area contributed by atoms with Crippen molar-refractivity contribution in [1.82, 2.24) is 4.98 Å². The first kappa shape index (κ1) is 13.0. The predicted octanol–water partition coefficient (Wildman–Crippen LogP) is 2.71. The normalized spacial score (nSPS) is 22.4. The summed E-state index contributed by atoms with van der Waals surface area (Å²) >= 11 is 3.38. The van der Waals surface area contributed by atoms with Crippen LogP contribution in [0.4, 0.5) is 0 Å². The lowest BCUT2D eigenvalue weighted by atomic mass is 9.99. The molecule has 0 aliphatic carbocycles. The minimum Gasteiger partial charge on any atom is -0.393 e. The summed E-state index contributed by atoms with van der Waals surface area (Å²) in [5, 5.41) is 10.0. The molecular formula is C13H18BrNO2. The smallest absolute Gasteiger partial charge is 0.0605 e. The number of pyridine rings is 1. The second kappa shape index (κ2) is 6.47. The van der Waals surface area contributed by atoms with Crippen LogP contribution in [-0.4, -0.2) is 28.9 Å². The summed E-state index contributed by atoms with van der Waals surface area (Å²) in [6.07, 6.45) is 8.27. The van der Waals surface area contributed by atoms with E-state index in [1.54, 1.807) is 12.4 Å². The minimum atomic E-state index is -0.339. The SMILES string of the molecule is OC(Cc1cncc(Br)c1)CC1CCCCO1. The largest absolute Gasteiger partial charge is 0.393 e. The van der Waals surface area contributed by atoms with Crippen LogP contribution in [0.25, 0.3) is 0 Å². The lowest BCUT2D eigenvalue weighted by Crippen LogP contribution is -2.25. The van der Waals surface area contributed by atoms with E-state index in [9.17, 15) is 5.11 Å². The molecule has 2 heterocycles. The predicted molar refractivity (Wildman–Crippen MR) is 69.9 cm³/mol. The van der Waals surface area contributed by atoms with Crippen LogP contribution in [0.3, 0.4) is 0 Å². The third kappa shape index (κ3) is 4.37. The first-order valence-electron chi connectivity index (χ1n) is 6.13. The molecule has 1 fully saturated rings. The Morgan fingerprint density at radius 2 is 2.35 bits per heavy atom. The van der Waals surface area contributed by atoms with Crippen molar-refractivity contribution < 1.29 is 9.84 Å². The van der Waals surface area contributed by atoms with Crippen LogP contribution < -0.4 is 0 Å². The standard InChI is InChI=1S/C13H18BrNO2/c14-11-5-10(8-15-9-11)6-12(16)7-13-3-1-2-4-17-13/h5,8-9,12-13,16H,1-4,6-7H2. The molecule has 3 nitrogen and oxygen atoms in total. The molecule has 1 aliphatic heterocycles. The lowest BCUT2D eigenvalue weighted by Gasteiger charge is -2.24. The van der Waals surface area contributed by atoms with Gasteiger partial charge in [-0.05, 0) is 59.7 Å². The Balaban J connectivity index is 1.82. The van der Waals surface area contributed by atoms with E-state index in [0.717, 1.165) is 35.9 Å². The maximum Gasteiger partial charge on any atom is 0.0605 e. The highest BCUT2D eigenvalue weighted by atomic mass is 79.9. The Morgan fingerprint density at radius 3 is 3.06 bits per heavy atom. The summed E-state index contributed by atoms with van der Waals surface area (Å²) in [5.74, 6) is 0. The second-order valence-electron chi connectivity index (χ2n) is 4.59. The molecule has 0 aromatic carbocycles. The Bertz CT molecular complexity index is 353. The molecule has 2 atom stereocenters. The monoisotopic (exact) mass is 299 g/mol. The van der Waals surface area contributed by atoms with Crippen LogP contribution in [0.1, 0.15) is 31.2 Å². The fourth-order valence-electron chi connectivity index (χ4n) is 2.22. The molecule has 94 valence electrons. The summed E-state index contributed by atoms with van der Waals surface area (Å²) in [5.41, 5.74) is 1.06. The highest BCUT2D eigenvalue weighted by Crippen LogP contribution is 2.19. The van der Waals surface area contributed by atoms with Crippen molar-refractivity contribution in [2.45, 2.75) is 44.3 Å². The molecule has 2 unspecified atom stereocenters. The fraction of sp³-hybridized carbons (Fsp3) is 0.615. The number of hydrogen-bond donors (Lipinski definition) is 1. The van der Waals surface area contributed by atoms with Gasteiger partial charge in [0.05, 0.1) is 12.2 Å². The van der Waals surface area contributed by atoms with Crippen LogP contribution >= 0.6 is 15.9 Å². The quantitative estimate of drug-likeness (QED) is 0.929. The number of aliphatic hydroxyl groups excluding tert-OH is 1. The van der Waals surface area contributed by atoms with Gasteiger partial charge in [0.2, 0.25) is 0 Å². The van der Waals surface area contributed by atoms with Crippen LogP contribution in [0, 0.1) is 0 Å². The van der Waals surface area contributed by atoms with Gasteiger partial charge in [0.25, 0.3) is 0 Å². The van der Waals surface area contributed by atoms with Crippen molar-refractivity contribution in [2.24, 2.45) is 0 Å². The number of halogens is 1. The highest BCUT2D eigenvalue weighted by Gasteiger charge is 2.18. The van der Waals surface area contributed by atoms with E-state index in [-0.39, 0.29) is 12.2 Å². The maximum absolute atomic E-state index is 10.0. The fourth-order valence-corrected chi connectivity index (χ4v) is 2.63. The number of rotatable bonds is 4. The summed E-state index contributed by atoms with van der Waals surface area (Å²) < 4.78 is 6.58. The van der Waals surface area contributed by atoms with Crippen molar-refractivity contribution in [2.75, 3.05) is 6.61 Å². The molecule has 1 saturated heterocycles. The van der Waals surface area contributed by atoms with Gasteiger partial charge in [0, 0.05) is 23.5 Å². The topological polar surface area (TPSA) is 42.4 Å². The second-order valence-corrected chi connectivity index (χ2v) is 5.51. The molecule has 0 bridgehead atoms. The number of ether oxygens (including phenoxy) is 1. The Labute approximate surface area is 110 Å². The van der Waals surface area contributed by atoms with E-state index in [1.807, 2.05) is 6.07 Å². The van der Waals surface area contributed by atoms with E-state index < -0.39 is 0 Å². The molecule has 1 aromatic rings. The van der Waals surface area contributed by atoms with E-state index in [1.165, 1.54) is 6.42 Å². The van der Waals surface area contributed by atoms with Crippen LogP contribution in [0.5, 0.6) is 0 Å². The summed E-state index contributed by atoms with van der Waals surface area (Å²) in [7, 11) is 0. The Hall–Kier alpha value is -0.450. The van der Waals surface area contributed by atoms with Crippen LogP contribution in [0.15, 0.2) is 22.9 Å². The highest BCUT2D eigenvalue weighted by molar-refractivity contribution is 9.10. The van der Waals surface area contributed by atoms with E-state index in [4.69, 9.17) is 4.74 Å². The van der Waals surface area contributed by atoms with Gasteiger partial charge in [-0.15, -0.1) is 0 Å². The van der Waals surface area contributed by atoms with Gasteiger partial charge >= 0.3 is 0 Å². The van der Waals surface area contributed by atoms with Crippen molar-refractivity contribution in [3.05, 3.63) is 28.5 Å². The van der Waals surface area contributed by atoms with Gasteiger partial charge in [-0.1, -0.05) is 0 Å². The number of hydrogen-bond acceptors (Lipinski definition) is 3. The van der Waals surface area contributed by atoms with Crippen LogP contribution in [-0.2, 0) is 11.2 Å². The van der Waals surface area contributed by atoms with Crippen molar-refractivity contribution in [1.29, 1.82) is 0 Å². The number of nitrogens with zero attached hydrogens (tertiary/aromatic N) is 1. The molecule has 1 aliphatic rings. The van der Waals surface area contributed by atoms with Gasteiger partial charge in [-0.3, -0.25) is 4.98 Å². The molecule has 2 rings (SSSR count). The summed E-state index contributed by atoms with van der Waals surface area (Å²) in [4.78, 5) is 4.09. The van der Waals surface area contributed by atoms with Gasteiger partial charge in [-0.25, -0.2) is 0 Å². The molecular weight excluding hydrogens is 282 g/mol.